The summed E-state index contributed by atoms with van der Waals surface area (Å²) in [5.74, 6) is -0.260. The normalized spacial score (nSPS) is 24.9. The van der Waals surface area contributed by atoms with E-state index in [9.17, 15) is 13.2 Å². The molecule has 0 bridgehead atoms. The van der Waals surface area contributed by atoms with Crippen molar-refractivity contribution in [2.75, 3.05) is 53.1 Å². The first-order chi connectivity index (χ1) is 9.15. The summed E-state index contributed by atoms with van der Waals surface area (Å²) in [5.41, 5.74) is -1.11. The molecule has 1 fully saturated rings. The van der Waals surface area contributed by atoms with Gasteiger partial charge in [-0.05, 0) is 34.0 Å². The molecular formula is C12H25N3O4S. The minimum Gasteiger partial charge on any atom is -0.363 e. The number of carbonyl (C=O) groups is 1. The average molecular weight is 307 g/mol. The van der Waals surface area contributed by atoms with Gasteiger partial charge in [0.05, 0.1) is 19.4 Å². The van der Waals surface area contributed by atoms with Crippen molar-refractivity contribution in [1.82, 2.24) is 14.5 Å². The molecule has 0 saturated carbocycles. The first kappa shape index (κ1) is 17.4. The summed E-state index contributed by atoms with van der Waals surface area (Å²) in [4.78, 5) is 14.2. The molecule has 20 heavy (non-hydrogen) atoms. The van der Waals surface area contributed by atoms with E-state index >= 15 is 0 Å². The highest BCUT2D eigenvalue weighted by Gasteiger charge is 2.41. The van der Waals surface area contributed by atoms with Gasteiger partial charge in [0.2, 0.25) is 10.0 Å². The van der Waals surface area contributed by atoms with Gasteiger partial charge in [0.15, 0.2) is 5.60 Å². The Bertz CT molecular complexity index is 438. The predicted octanol–water partition coefficient (Wildman–Crippen LogP) is -0.895. The van der Waals surface area contributed by atoms with Gasteiger partial charge in [0, 0.05) is 13.1 Å². The summed E-state index contributed by atoms with van der Waals surface area (Å²) in [6.45, 7) is 3.65. The SMILES string of the molecule is CN(C)CCCNC(=O)[C@@]1(C)CN(S(C)(=O)=O)CCO1. The number of carbonyl (C=O) groups excluding carboxylic acids is 1. The highest BCUT2D eigenvalue weighted by atomic mass is 32.2. The average Bonchev–Trinajstić information content (AvgIpc) is 2.33. The second kappa shape index (κ2) is 6.84. The van der Waals surface area contributed by atoms with Crippen molar-refractivity contribution >= 4 is 15.9 Å². The quantitative estimate of drug-likeness (QED) is 0.644. The third kappa shape index (κ3) is 5.01. The molecule has 0 aromatic heterocycles. The van der Waals surface area contributed by atoms with Crippen LogP contribution >= 0.6 is 0 Å². The molecule has 1 rings (SSSR count). The molecule has 0 aromatic rings. The van der Waals surface area contributed by atoms with Gasteiger partial charge in [-0.2, -0.15) is 4.31 Å². The number of morpholine rings is 1. The molecule has 1 amide bonds. The maximum absolute atomic E-state index is 12.2. The van der Waals surface area contributed by atoms with Crippen LogP contribution in [0.2, 0.25) is 0 Å². The largest absolute Gasteiger partial charge is 0.363 e. The van der Waals surface area contributed by atoms with Crippen LogP contribution in [0.15, 0.2) is 0 Å². The van der Waals surface area contributed by atoms with E-state index in [-0.39, 0.29) is 19.1 Å². The molecule has 1 heterocycles. The van der Waals surface area contributed by atoms with Gasteiger partial charge >= 0.3 is 0 Å². The molecule has 0 aliphatic carbocycles. The van der Waals surface area contributed by atoms with E-state index < -0.39 is 15.6 Å². The van der Waals surface area contributed by atoms with Gasteiger partial charge in [-0.15, -0.1) is 0 Å². The van der Waals surface area contributed by atoms with E-state index in [4.69, 9.17) is 4.74 Å². The third-order valence-corrected chi connectivity index (χ3v) is 4.51. The highest BCUT2D eigenvalue weighted by Crippen LogP contribution is 2.19. The van der Waals surface area contributed by atoms with Gasteiger partial charge in [-0.1, -0.05) is 0 Å². The van der Waals surface area contributed by atoms with Crippen molar-refractivity contribution in [3.8, 4) is 0 Å². The van der Waals surface area contributed by atoms with E-state index in [2.05, 4.69) is 5.32 Å². The summed E-state index contributed by atoms with van der Waals surface area (Å²) in [7, 11) is 0.639. The second-order valence-electron chi connectivity index (χ2n) is 5.59. The maximum Gasteiger partial charge on any atom is 0.253 e. The molecule has 0 aromatic carbocycles. The van der Waals surface area contributed by atoms with Gasteiger partial charge in [0.25, 0.3) is 5.91 Å². The standard InChI is InChI=1S/C12H25N3O4S/c1-12(11(16)13-6-5-7-14(2)3)10-15(8-9-19-12)20(4,17)18/h5-10H2,1-4H3,(H,13,16)/t12-/m1/s1. The molecule has 1 atom stereocenters. The number of amides is 1. The fraction of sp³-hybridized carbons (Fsp3) is 0.917. The predicted molar refractivity (Wildman–Crippen MR) is 77.0 cm³/mol. The van der Waals surface area contributed by atoms with Crippen molar-refractivity contribution in [2.45, 2.75) is 18.9 Å². The van der Waals surface area contributed by atoms with Crippen LogP contribution in [0.3, 0.4) is 0 Å². The molecule has 1 aliphatic heterocycles. The lowest BCUT2D eigenvalue weighted by Gasteiger charge is -2.38. The van der Waals surface area contributed by atoms with E-state index in [1.807, 2.05) is 19.0 Å². The van der Waals surface area contributed by atoms with Gasteiger partial charge in [0.1, 0.15) is 0 Å². The lowest BCUT2D eigenvalue weighted by molar-refractivity contribution is -0.152. The topological polar surface area (TPSA) is 79.0 Å². The first-order valence-corrected chi connectivity index (χ1v) is 8.52. The van der Waals surface area contributed by atoms with Crippen LogP contribution in [0.25, 0.3) is 0 Å². The number of rotatable bonds is 6. The van der Waals surface area contributed by atoms with Crippen LogP contribution in [0.4, 0.5) is 0 Å². The van der Waals surface area contributed by atoms with Gasteiger partial charge in [-0.25, -0.2) is 8.42 Å². The van der Waals surface area contributed by atoms with Gasteiger partial charge < -0.3 is 15.0 Å². The zero-order valence-electron chi connectivity index (χ0n) is 12.7. The molecular weight excluding hydrogens is 282 g/mol. The van der Waals surface area contributed by atoms with Crippen LogP contribution in [-0.2, 0) is 19.6 Å². The van der Waals surface area contributed by atoms with Crippen molar-refractivity contribution in [1.29, 1.82) is 0 Å². The first-order valence-electron chi connectivity index (χ1n) is 6.67. The molecule has 1 saturated heterocycles. The molecule has 8 heteroatoms. The van der Waals surface area contributed by atoms with Gasteiger partial charge in [-0.3, -0.25) is 4.79 Å². The number of nitrogens with one attached hydrogen (secondary N) is 1. The van der Waals surface area contributed by atoms with Crippen LogP contribution in [0, 0.1) is 0 Å². The van der Waals surface area contributed by atoms with E-state index in [1.165, 1.54) is 4.31 Å². The Morgan fingerprint density at radius 1 is 1.45 bits per heavy atom. The Morgan fingerprint density at radius 3 is 2.65 bits per heavy atom. The molecule has 1 N–H and O–H groups in total. The second-order valence-corrected chi connectivity index (χ2v) is 7.57. The van der Waals surface area contributed by atoms with E-state index in [0.717, 1.165) is 19.2 Å². The Labute approximate surface area is 121 Å². The molecule has 0 spiro atoms. The fourth-order valence-corrected chi connectivity index (χ4v) is 2.93. The van der Waals surface area contributed by atoms with E-state index in [0.29, 0.717) is 13.1 Å². The molecule has 0 radical (unpaired) electrons. The Hall–Kier alpha value is -0.700. The molecule has 1 aliphatic rings. The lowest BCUT2D eigenvalue weighted by atomic mass is 10.0. The van der Waals surface area contributed by atoms with Crippen LogP contribution in [0.1, 0.15) is 13.3 Å². The minimum absolute atomic E-state index is 0.0609. The number of nitrogens with zero attached hydrogens (tertiary/aromatic N) is 2. The van der Waals surface area contributed by atoms with Crippen LogP contribution < -0.4 is 5.32 Å². The number of sulfonamides is 1. The Morgan fingerprint density at radius 2 is 2.10 bits per heavy atom. The maximum atomic E-state index is 12.2. The smallest absolute Gasteiger partial charge is 0.253 e. The summed E-state index contributed by atoms with van der Waals surface area (Å²) in [6, 6.07) is 0. The zero-order chi connectivity index (χ0) is 15.4. The molecule has 118 valence electrons. The summed E-state index contributed by atoms with van der Waals surface area (Å²) < 4.78 is 29.9. The van der Waals surface area contributed by atoms with E-state index in [1.54, 1.807) is 6.92 Å². The number of hydrogen-bond acceptors (Lipinski definition) is 5. The number of ether oxygens (including phenoxy) is 1. The third-order valence-electron chi connectivity index (χ3n) is 3.26. The monoisotopic (exact) mass is 307 g/mol. The van der Waals surface area contributed by atoms with Crippen molar-refractivity contribution in [3.05, 3.63) is 0 Å². The summed E-state index contributed by atoms with van der Waals surface area (Å²) >= 11 is 0. The fourth-order valence-electron chi connectivity index (χ4n) is 2.04. The van der Waals surface area contributed by atoms with Crippen molar-refractivity contribution < 1.29 is 17.9 Å². The highest BCUT2D eigenvalue weighted by molar-refractivity contribution is 7.88. The Kier molecular flexibility index (Phi) is 5.93. The lowest BCUT2D eigenvalue weighted by Crippen LogP contribution is -2.59. The Balaban J connectivity index is 2.53. The molecule has 0 unspecified atom stereocenters. The summed E-state index contributed by atoms with van der Waals surface area (Å²) in [5, 5.41) is 2.81. The van der Waals surface area contributed by atoms with Crippen LogP contribution in [0.5, 0.6) is 0 Å². The molecule has 7 nitrogen and oxygen atoms in total. The zero-order valence-corrected chi connectivity index (χ0v) is 13.5. The van der Waals surface area contributed by atoms with Crippen molar-refractivity contribution in [2.24, 2.45) is 0 Å². The van der Waals surface area contributed by atoms with Crippen LogP contribution in [-0.4, -0.2) is 82.3 Å². The minimum atomic E-state index is -3.30. The number of hydrogen-bond donors (Lipinski definition) is 1. The van der Waals surface area contributed by atoms with Crippen molar-refractivity contribution in [3.63, 3.8) is 0 Å². The summed E-state index contributed by atoms with van der Waals surface area (Å²) in [6.07, 6.45) is 1.98.